The van der Waals surface area contributed by atoms with Crippen LogP contribution in [0.3, 0.4) is 0 Å². The van der Waals surface area contributed by atoms with Gasteiger partial charge in [-0.25, -0.2) is 0 Å². The van der Waals surface area contributed by atoms with Crippen LogP contribution in [0.4, 0.5) is 0 Å². The highest BCUT2D eigenvalue weighted by atomic mass is 14.7. The summed E-state index contributed by atoms with van der Waals surface area (Å²) in [7, 11) is 0. The van der Waals surface area contributed by atoms with Gasteiger partial charge in [0.25, 0.3) is 0 Å². The van der Waals surface area contributed by atoms with Crippen molar-refractivity contribution in [2.45, 2.75) is 87.9 Å². The largest absolute Gasteiger partial charge is 0.0622 e. The molecule has 318 valence electrons. The molecule has 0 N–H and O–H groups in total. The Labute approximate surface area is 382 Å². The Morgan fingerprint density at radius 1 is 0.281 bits per heavy atom. The molecule has 0 aromatic heterocycles. The van der Waals surface area contributed by atoms with Crippen molar-refractivity contribution in [1.82, 2.24) is 0 Å². The third-order valence-corrected chi connectivity index (χ3v) is 17.5. The van der Waals surface area contributed by atoms with Crippen molar-refractivity contribution in [2.24, 2.45) is 34.5 Å². The van der Waals surface area contributed by atoms with Gasteiger partial charge in [0, 0.05) is 0 Å². The Hall–Kier alpha value is -5.72. The normalized spacial score (nSPS) is 31.3. The van der Waals surface area contributed by atoms with E-state index < -0.39 is 0 Å². The lowest BCUT2D eigenvalue weighted by Crippen LogP contribution is -2.66. The maximum Gasteiger partial charge on any atom is -0.00358 e. The minimum absolute atomic E-state index is 0.254. The van der Waals surface area contributed by atoms with Crippen molar-refractivity contribution in [3.63, 3.8) is 0 Å². The summed E-state index contributed by atoms with van der Waals surface area (Å²) in [5.41, 5.74) is 15.0. The Morgan fingerprint density at radius 3 is 0.797 bits per heavy atom. The van der Waals surface area contributed by atoms with Crippen molar-refractivity contribution >= 4 is 48.6 Å². The molecule has 8 aliphatic rings. The fourth-order valence-corrected chi connectivity index (χ4v) is 15.8. The molecule has 0 amide bonds. The van der Waals surface area contributed by atoms with E-state index in [-0.39, 0.29) is 10.8 Å². The number of rotatable bonds is 11. The summed E-state index contributed by atoms with van der Waals surface area (Å²) in [6, 6.07) is 58.7. The first-order valence-electron chi connectivity index (χ1n) is 24.6. The first-order chi connectivity index (χ1) is 31.4. The summed E-state index contributed by atoms with van der Waals surface area (Å²) >= 11 is 0. The van der Waals surface area contributed by atoms with Gasteiger partial charge in [-0.1, -0.05) is 194 Å². The standard InChI is InChI=1S/C64H62/c1-5-13-47(14-6-1)21-25-51-29-52(26-22-48-15-7-2-8-16-48)34-59(33-51)61-37-55-31-56(38-61)42-63(41-55,45-61)64-43-57-32-58(44-64)40-62(39-57,46-64)60-35-53(27-23-49-17-9-3-10-18-49)30-54(36-60)28-24-50-19-11-4-12-20-50/h1-30,33-36,55-58H,31-32,37-46H2. The zero-order valence-corrected chi connectivity index (χ0v) is 37.4. The van der Waals surface area contributed by atoms with E-state index in [2.05, 4.69) is 206 Å². The second-order valence-corrected chi connectivity index (χ2v) is 21.8. The van der Waals surface area contributed by atoms with E-state index in [0.717, 1.165) is 23.7 Å². The zero-order valence-electron chi connectivity index (χ0n) is 37.4. The Bertz CT molecular complexity index is 2390. The summed E-state index contributed by atoms with van der Waals surface area (Å²) < 4.78 is 0. The van der Waals surface area contributed by atoms with Crippen LogP contribution in [0.25, 0.3) is 48.6 Å². The van der Waals surface area contributed by atoms with Crippen molar-refractivity contribution < 1.29 is 0 Å². The van der Waals surface area contributed by atoms with E-state index in [0.29, 0.717) is 10.8 Å². The molecule has 6 aromatic carbocycles. The fraction of sp³-hybridized carbons (Fsp3) is 0.312. The maximum absolute atomic E-state index is 2.63. The highest BCUT2D eigenvalue weighted by Gasteiger charge is 2.70. The van der Waals surface area contributed by atoms with Gasteiger partial charge >= 0.3 is 0 Å². The average molecular weight is 831 g/mol. The molecule has 8 fully saturated rings. The molecule has 4 atom stereocenters. The average Bonchev–Trinajstić information content (AvgIpc) is 3.32. The summed E-state index contributed by atoms with van der Waals surface area (Å²) in [5, 5.41) is 0. The smallest absolute Gasteiger partial charge is 0.00358 e. The lowest BCUT2D eigenvalue weighted by atomic mass is 9.30. The summed E-state index contributed by atoms with van der Waals surface area (Å²) in [4.78, 5) is 0. The Balaban J connectivity index is 0.924. The van der Waals surface area contributed by atoms with Crippen LogP contribution >= 0.6 is 0 Å². The van der Waals surface area contributed by atoms with E-state index in [9.17, 15) is 0 Å². The predicted octanol–water partition coefficient (Wildman–Crippen LogP) is 16.7. The summed E-state index contributed by atoms with van der Waals surface area (Å²) in [5.74, 6) is 3.38. The molecule has 14 rings (SSSR count). The number of hydrogen-bond acceptors (Lipinski definition) is 0. The highest BCUT2D eigenvalue weighted by Crippen LogP contribution is 2.79. The van der Waals surface area contributed by atoms with E-state index in [1.807, 2.05) is 0 Å². The zero-order chi connectivity index (χ0) is 42.6. The van der Waals surface area contributed by atoms with E-state index >= 15 is 0 Å². The van der Waals surface area contributed by atoms with E-state index in [1.54, 1.807) is 11.1 Å². The second-order valence-electron chi connectivity index (χ2n) is 21.8. The molecule has 0 radical (unpaired) electrons. The first kappa shape index (κ1) is 39.8. The number of benzene rings is 6. The predicted molar refractivity (Wildman–Crippen MR) is 272 cm³/mol. The molecule has 64 heavy (non-hydrogen) atoms. The van der Waals surface area contributed by atoms with Gasteiger partial charge < -0.3 is 0 Å². The van der Waals surface area contributed by atoms with Crippen LogP contribution in [0, 0.1) is 34.5 Å². The molecule has 4 unspecified atom stereocenters. The molecule has 8 bridgehead atoms. The molecule has 0 aliphatic heterocycles. The Kier molecular flexibility index (Phi) is 10.00. The van der Waals surface area contributed by atoms with E-state index in [4.69, 9.17) is 0 Å². The molecule has 0 heterocycles. The monoisotopic (exact) mass is 830 g/mol. The maximum atomic E-state index is 2.63. The van der Waals surface area contributed by atoms with Crippen LogP contribution in [0.5, 0.6) is 0 Å². The van der Waals surface area contributed by atoms with Gasteiger partial charge in [-0.2, -0.15) is 0 Å². The van der Waals surface area contributed by atoms with Gasteiger partial charge in [-0.3, -0.25) is 0 Å². The molecular weight excluding hydrogens is 769 g/mol. The lowest BCUT2D eigenvalue weighted by molar-refractivity contribution is -0.212. The fourth-order valence-electron chi connectivity index (χ4n) is 15.8. The van der Waals surface area contributed by atoms with Crippen molar-refractivity contribution in [2.75, 3.05) is 0 Å². The van der Waals surface area contributed by atoms with Crippen molar-refractivity contribution in [3.8, 4) is 0 Å². The van der Waals surface area contributed by atoms with Crippen LogP contribution in [-0.2, 0) is 10.8 Å². The van der Waals surface area contributed by atoms with E-state index in [1.165, 1.54) is 122 Å². The summed E-state index contributed by atoms with van der Waals surface area (Å²) in [6.07, 6.45) is 35.9. The lowest BCUT2D eigenvalue weighted by Gasteiger charge is -2.74. The van der Waals surface area contributed by atoms with Crippen LogP contribution < -0.4 is 0 Å². The number of hydrogen-bond donors (Lipinski definition) is 0. The van der Waals surface area contributed by atoms with Gasteiger partial charge in [-0.15, -0.1) is 0 Å². The Morgan fingerprint density at radius 2 is 0.531 bits per heavy atom. The van der Waals surface area contributed by atoms with Crippen molar-refractivity contribution in [3.05, 3.63) is 213 Å². The second kappa shape index (κ2) is 16.1. The third kappa shape index (κ3) is 7.51. The van der Waals surface area contributed by atoms with Gasteiger partial charge in [0.05, 0.1) is 0 Å². The van der Waals surface area contributed by atoms with Gasteiger partial charge in [0.2, 0.25) is 0 Å². The van der Waals surface area contributed by atoms with Gasteiger partial charge in [-0.05, 0) is 190 Å². The molecule has 8 aliphatic carbocycles. The topological polar surface area (TPSA) is 0 Å². The molecule has 6 aromatic rings. The van der Waals surface area contributed by atoms with Gasteiger partial charge in [0.15, 0.2) is 0 Å². The first-order valence-corrected chi connectivity index (χ1v) is 24.6. The molecular formula is C64H62. The molecule has 0 saturated heterocycles. The molecule has 8 saturated carbocycles. The molecule has 0 heteroatoms. The molecule has 0 spiro atoms. The quantitative estimate of drug-likeness (QED) is 0.114. The third-order valence-electron chi connectivity index (χ3n) is 17.5. The van der Waals surface area contributed by atoms with Crippen LogP contribution in [0.2, 0.25) is 0 Å². The SMILES string of the molecule is C(=Cc1cc(C=Cc2ccccc2)cc(C23CC4CC(C2)CC(C25CC6CC(CC(c7cc(C=Cc8ccccc8)cc(C=Cc8ccccc8)c7)(C6)C2)C5)(C4)C3)c1)c1ccccc1. The highest BCUT2D eigenvalue weighted by molar-refractivity contribution is 5.77. The van der Waals surface area contributed by atoms with Gasteiger partial charge in [0.1, 0.15) is 0 Å². The van der Waals surface area contributed by atoms with Crippen LogP contribution in [-0.4, -0.2) is 0 Å². The molecule has 0 nitrogen and oxygen atoms in total. The minimum atomic E-state index is 0.254. The summed E-state index contributed by atoms with van der Waals surface area (Å²) in [6.45, 7) is 0. The minimum Gasteiger partial charge on any atom is -0.0622 e. The van der Waals surface area contributed by atoms with Crippen LogP contribution in [0.1, 0.15) is 133 Å². The van der Waals surface area contributed by atoms with Crippen LogP contribution in [0.15, 0.2) is 158 Å². The van der Waals surface area contributed by atoms with Crippen molar-refractivity contribution in [1.29, 1.82) is 0 Å².